The maximum atomic E-state index is 5.41. The molecular formula is C89H202N4O7. The van der Waals surface area contributed by atoms with Crippen molar-refractivity contribution in [1.29, 1.82) is 0 Å². The molecule has 620 valence electrons. The fourth-order valence-corrected chi connectivity index (χ4v) is 11.7. The Morgan fingerprint density at radius 3 is 0.850 bits per heavy atom. The molecule has 3 N–H and O–H groups in total. The molecule has 0 aromatic carbocycles. The monoisotopic (exact) mass is 1440 g/mol. The van der Waals surface area contributed by atoms with Crippen LogP contribution in [0, 0.1) is 71.0 Å². The van der Waals surface area contributed by atoms with Crippen molar-refractivity contribution < 1.29 is 33.2 Å². The lowest BCUT2D eigenvalue weighted by Crippen LogP contribution is -2.27. The Morgan fingerprint density at radius 2 is 0.690 bits per heavy atom. The highest BCUT2D eigenvalue weighted by atomic mass is 16.7. The quantitative estimate of drug-likeness (QED) is 0.195. The average Bonchev–Trinajstić information content (AvgIpc) is 3.90. The highest BCUT2D eigenvalue weighted by molar-refractivity contribution is 4.77. The van der Waals surface area contributed by atoms with Crippen molar-refractivity contribution in [2.24, 2.45) is 71.0 Å². The zero-order valence-electron chi connectivity index (χ0n) is 77.0. The lowest BCUT2D eigenvalue weighted by molar-refractivity contribution is -0.0732. The van der Waals surface area contributed by atoms with E-state index in [1.807, 2.05) is 138 Å². The minimum absolute atomic E-state index is 0.0648. The second-order valence-corrected chi connectivity index (χ2v) is 28.2. The Balaban J connectivity index is -0.000000109. The second kappa shape index (κ2) is 94.6. The van der Waals surface area contributed by atoms with E-state index >= 15 is 0 Å². The molecule has 2 saturated carbocycles. The smallest absolute Gasteiger partial charge is 0.160 e. The van der Waals surface area contributed by atoms with Crippen molar-refractivity contribution in [3.63, 3.8) is 0 Å². The van der Waals surface area contributed by atoms with E-state index in [2.05, 4.69) is 159 Å². The van der Waals surface area contributed by atoms with Gasteiger partial charge in [-0.2, -0.15) is 0 Å². The van der Waals surface area contributed by atoms with Crippen LogP contribution in [0.25, 0.3) is 0 Å². The van der Waals surface area contributed by atoms with E-state index in [9.17, 15) is 0 Å². The van der Waals surface area contributed by atoms with E-state index in [4.69, 9.17) is 33.2 Å². The van der Waals surface area contributed by atoms with Gasteiger partial charge in [0, 0.05) is 37.8 Å². The first-order valence-electron chi connectivity index (χ1n) is 44.2. The summed E-state index contributed by atoms with van der Waals surface area (Å²) in [5.41, 5.74) is 0. The molecule has 10 aliphatic rings. The third-order valence-corrected chi connectivity index (χ3v) is 17.9. The molecule has 10 rings (SSSR count). The van der Waals surface area contributed by atoms with Gasteiger partial charge in [0.2, 0.25) is 0 Å². The fraction of sp³-hybridized carbons (Fsp3) is 1.00. The van der Waals surface area contributed by atoms with E-state index in [-0.39, 0.29) is 6.29 Å². The zero-order chi connectivity index (χ0) is 79.8. The highest BCUT2D eigenvalue weighted by Gasteiger charge is 2.23. The molecule has 11 nitrogen and oxygen atoms in total. The van der Waals surface area contributed by atoms with Crippen LogP contribution in [0.4, 0.5) is 0 Å². The summed E-state index contributed by atoms with van der Waals surface area (Å²) in [5, 5.41) is 10.0. The molecule has 0 bridgehead atoms. The molecule has 8 saturated heterocycles. The summed E-state index contributed by atoms with van der Waals surface area (Å²) in [4.78, 5) is 2.53. The van der Waals surface area contributed by atoms with E-state index in [0.717, 1.165) is 112 Å². The molecule has 6 atom stereocenters. The molecule has 0 spiro atoms. The van der Waals surface area contributed by atoms with Crippen molar-refractivity contribution in [1.82, 2.24) is 20.9 Å². The summed E-state index contributed by atoms with van der Waals surface area (Å²) in [6.45, 7) is 97.8. The number of rotatable bonds is 10. The number of likely N-dealkylation sites (tertiary alicyclic amines) is 1. The van der Waals surface area contributed by atoms with E-state index < -0.39 is 0 Å². The molecule has 8 aliphatic heterocycles. The lowest BCUT2D eigenvalue weighted by atomic mass is 9.95. The number of nitrogens with one attached hydrogen (secondary N) is 3. The van der Waals surface area contributed by atoms with Gasteiger partial charge in [0.1, 0.15) is 13.0 Å². The Kier molecular flexibility index (Phi) is 114. The Labute approximate surface area is 636 Å². The molecule has 0 radical (unpaired) electrons. The van der Waals surface area contributed by atoms with Crippen LogP contribution in [0.3, 0.4) is 0 Å². The van der Waals surface area contributed by atoms with Gasteiger partial charge < -0.3 is 48.7 Å². The lowest BCUT2D eigenvalue weighted by Gasteiger charge is -2.18. The van der Waals surface area contributed by atoms with Gasteiger partial charge in [0.15, 0.2) is 6.29 Å². The summed E-state index contributed by atoms with van der Waals surface area (Å²) < 4.78 is 36.7. The van der Waals surface area contributed by atoms with Crippen LogP contribution in [0.5, 0.6) is 0 Å². The molecule has 0 aromatic rings. The summed E-state index contributed by atoms with van der Waals surface area (Å²) in [5.74, 6) is 9.82. The minimum Gasteiger partial charge on any atom is -0.378 e. The average molecular weight is 1440 g/mol. The summed E-state index contributed by atoms with van der Waals surface area (Å²) >= 11 is 0. The Hall–Kier alpha value is -0.440. The van der Waals surface area contributed by atoms with Crippen LogP contribution in [0.15, 0.2) is 0 Å². The van der Waals surface area contributed by atoms with Crippen molar-refractivity contribution >= 4 is 0 Å². The van der Waals surface area contributed by atoms with E-state index in [1.54, 1.807) is 0 Å². The van der Waals surface area contributed by atoms with Crippen LogP contribution in [0.1, 0.15) is 386 Å². The maximum Gasteiger partial charge on any atom is 0.160 e. The van der Waals surface area contributed by atoms with Crippen molar-refractivity contribution in [3.8, 4) is 0 Å². The van der Waals surface area contributed by atoms with Gasteiger partial charge in [0.25, 0.3) is 0 Å². The highest BCUT2D eigenvalue weighted by Crippen LogP contribution is 2.31. The molecule has 11 heteroatoms. The van der Waals surface area contributed by atoms with Crippen molar-refractivity contribution in [2.45, 2.75) is 429 Å². The van der Waals surface area contributed by atoms with Gasteiger partial charge in [-0.3, -0.25) is 5.32 Å². The number of nitrogens with zero attached hydrogens (tertiary/aromatic N) is 1. The van der Waals surface area contributed by atoms with Gasteiger partial charge in [0.05, 0.1) is 44.7 Å². The standard InChI is InChI=1S/2C8H16.3C7H15N.2C7H14O.C6H13NO.2C6H12O2.10C2H6/c2*1-7(2)8-5-3-4-6-8;1-6(2)7-3-4-8-5-7;1-7(2)8-5-3-4-6-8;3*1-6(2)7-4-3-5-8-7;1-5(2)6-7-3-4-8-6;1-5(2)6-3-7-4-8-6;1-5(2)6-7-3-4-8-6;10*1-2/h2*7-8H,3-6H2,1-2H3;6-8H,3-5H2,1-2H3;7H,3-6H2,1-2H3;6-8H,3-5H2,1-2H3;2*6-7H,3-5H2,1-2H3;5-7H,3-4H2,1-2H3;2*5-6H,3-4H2,1-2H3;10*1-2H3. The van der Waals surface area contributed by atoms with Crippen molar-refractivity contribution in [2.75, 3.05) is 85.7 Å². The largest absolute Gasteiger partial charge is 0.378 e. The summed E-state index contributed by atoms with van der Waals surface area (Å²) in [7, 11) is 0. The molecule has 6 unspecified atom stereocenters. The molecule has 100 heavy (non-hydrogen) atoms. The zero-order valence-corrected chi connectivity index (χ0v) is 77.0. The molecule has 10 fully saturated rings. The van der Waals surface area contributed by atoms with Crippen LogP contribution in [0.2, 0.25) is 0 Å². The van der Waals surface area contributed by atoms with Crippen molar-refractivity contribution in [3.05, 3.63) is 0 Å². The van der Waals surface area contributed by atoms with Gasteiger partial charge in [-0.05, 0) is 169 Å². The first-order chi connectivity index (χ1) is 48.0. The number of hydrogen-bond donors (Lipinski definition) is 3. The first kappa shape index (κ1) is 121. The first-order valence-corrected chi connectivity index (χ1v) is 44.2. The van der Waals surface area contributed by atoms with Gasteiger partial charge in [-0.1, -0.05) is 314 Å². The van der Waals surface area contributed by atoms with Crippen LogP contribution < -0.4 is 16.0 Å². The maximum absolute atomic E-state index is 5.41. The normalized spacial score (nSPS) is 22.1. The number of ether oxygens (including phenoxy) is 7. The summed E-state index contributed by atoms with van der Waals surface area (Å²) in [6.07, 6.45) is 25.9. The Bertz CT molecular complexity index is 977. The van der Waals surface area contributed by atoms with Gasteiger partial charge in [-0.25, -0.2) is 0 Å². The molecule has 0 amide bonds. The van der Waals surface area contributed by atoms with E-state index in [0.29, 0.717) is 49.1 Å². The predicted octanol–water partition coefficient (Wildman–Crippen LogP) is 26.3. The molecule has 0 aromatic heterocycles. The fourth-order valence-electron chi connectivity index (χ4n) is 11.7. The topological polar surface area (TPSA) is 104 Å². The minimum atomic E-state index is 0.0648. The molecule has 2 aliphatic carbocycles. The Morgan fingerprint density at radius 1 is 0.290 bits per heavy atom. The SMILES string of the molecule is CC.CC.CC.CC.CC.CC.CC.CC.CC.CC.CC(C)C1CCCC1.CC(C)C1CCCC1.CC(C)C1CCCN1.CC(C)C1CCCO1.CC(C)C1CCCO1.CC(C)C1CCNC1.CC(C)C1COCO1.CC(C)C1NCCO1.CC(C)C1OCCO1.CC(C)N1CCCC1. The third-order valence-electron chi connectivity index (χ3n) is 17.9. The molecule has 8 heterocycles. The van der Waals surface area contributed by atoms with Crippen LogP contribution >= 0.6 is 0 Å². The van der Waals surface area contributed by atoms with Crippen LogP contribution in [-0.4, -0.2) is 134 Å². The summed E-state index contributed by atoms with van der Waals surface area (Å²) in [6, 6.07) is 1.59. The molecular weight excluding hydrogens is 1240 g/mol. The number of hydrogen-bond acceptors (Lipinski definition) is 11. The van der Waals surface area contributed by atoms with Gasteiger partial charge >= 0.3 is 0 Å². The van der Waals surface area contributed by atoms with E-state index in [1.165, 1.54) is 142 Å². The third kappa shape index (κ3) is 75.8. The van der Waals surface area contributed by atoms with Gasteiger partial charge in [-0.15, -0.1) is 0 Å². The predicted molar refractivity (Wildman–Crippen MR) is 456 cm³/mol. The van der Waals surface area contributed by atoms with Crippen LogP contribution in [-0.2, 0) is 33.2 Å². The second-order valence-electron chi connectivity index (χ2n) is 28.2.